The summed E-state index contributed by atoms with van der Waals surface area (Å²) < 4.78 is 16.0. The maximum Gasteiger partial charge on any atom is 0.283 e. The monoisotopic (exact) mass is 423 g/mol. The summed E-state index contributed by atoms with van der Waals surface area (Å²) in [6.07, 6.45) is 4.89. The molecule has 0 aliphatic carbocycles. The van der Waals surface area contributed by atoms with E-state index in [0.29, 0.717) is 33.0 Å². The van der Waals surface area contributed by atoms with E-state index >= 15 is 0 Å². The predicted octanol–water partition coefficient (Wildman–Crippen LogP) is 2.77. The third kappa shape index (κ3) is 3.41. The quantitative estimate of drug-likeness (QED) is 0.737. The highest BCUT2D eigenvalue weighted by Gasteiger charge is 2.36. The second kappa shape index (κ2) is 7.99. The van der Waals surface area contributed by atoms with Gasteiger partial charge in [-0.2, -0.15) is 15.1 Å². The Labute approximate surface area is 176 Å². The van der Waals surface area contributed by atoms with E-state index in [-0.39, 0.29) is 11.4 Å². The molecule has 0 unspecified atom stereocenters. The predicted molar refractivity (Wildman–Crippen MR) is 114 cm³/mol. The highest BCUT2D eigenvalue weighted by Crippen LogP contribution is 2.39. The zero-order valence-corrected chi connectivity index (χ0v) is 17.2. The number of ether oxygens (including phenoxy) is 3. The summed E-state index contributed by atoms with van der Waals surface area (Å²) in [6.45, 7) is 0. The number of benzene rings is 1. The first-order valence-electron chi connectivity index (χ1n) is 8.76. The van der Waals surface area contributed by atoms with Crippen molar-refractivity contribution in [2.24, 2.45) is 10.1 Å². The van der Waals surface area contributed by atoms with E-state index in [1.54, 1.807) is 36.7 Å². The molecule has 152 valence electrons. The zero-order chi connectivity index (χ0) is 21.3. The van der Waals surface area contributed by atoms with Crippen molar-refractivity contribution in [3.05, 3.63) is 53.4 Å². The van der Waals surface area contributed by atoms with Gasteiger partial charge in [0.15, 0.2) is 17.3 Å². The number of pyridine rings is 1. The van der Waals surface area contributed by atoms with Crippen molar-refractivity contribution < 1.29 is 19.0 Å². The first kappa shape index (κ1) is 19.6. The molecule has 0 fully saturated rings. The standard InChI is InChI=1S/C20H17N5O4S/c1-27-14-8-11(9-15(28-2)16(14)29-3)7-13-17(21)25-20(23-18(13)26)30-19(24-25)12-5-4-6-22-10-12/h4-10,21H,1-3H3/b13-7+,21-17?. The number of methoxy groups -OCH3 is 3. The van der Waals surface area contributed by atoms with E-state index in [4.69, 9.17) is 19.6 Å². The van der Waals surface area contributed by atoms with Crippen LogP contribution in [0.2, 0.25) is 0 Å². The highest BCUT2D eigenvalue weighted by molar-refractivity contribution is 8.27. The summed E-state index contributed by atoms with van der Waals surface area (Å²) in [5.41, 5.74) is 1.49. The molecule has 30 heavy (non-hydrogen) atoms. The van der Waals surface area contributed by atoms with Gasteiger partial charge in [-0.3, -0.25) is 15.2 Å². The van der Waals surface area contributed by atoms with E-state index in [1.807, 2.05) is 6.07 Å². The largest absolute Gasteiger partial charge is 0.493 e. The highest BCUT2D eigenvalue weighted by atomic mass is 32.2. The lowest BCUT2D eigenvalue weighted by atomic mass is 10.1. The number of amides is 1. The number of carbonyl (C=O) groups excluding carboxylic acids is 1. The molecule has 0 bridgehead atoms. The first-order valence-corrected chi connectivity index (χ1v) is 9.58. The molecule has 1 aromatic heterocycles. The van der Waals surface area contributed by atoms with Crippen molar-refractivity contribution in [1.29, 1.82) is 5.41 Å². The van der Waals surface area contributed by atoms with Crippen molar-refractivity contribution in [2.45, 2.75) is 0 Å². The van der Waals surface area contributed by atoms with Crippen molar-refractivity contribution >= 4 is 39.8 Å². The molecule has 1 amide bonds. The number of amidine groups is 2. The summed E-state index contributed by atoms with van der Waals surface area (Å²) in [5, 5.41) is 15.3. The number of hydrazone groups is 1. The Kier molecular flexibility index (Phi) is 5.23. The van der Waals surface area contributed by atoms with Gasteiger partial charge in [-0.15, -0.1) is 0 Å². The number of carbonyl (C=O) groups is 1. The molecule has 9 nitrogen and oxygen atoms in total. The summed E-state index contributed by atoms with van der Waals surface area (Å²) in [7, 11) is 4.53. The molecule has 1 N–H and O–H groups in total. The lowest BCUT2D eigenvalue weighted by Crippen LogP contribution is -2.35. The minimum absolute atomic E-state index is 0.0647. The molecule has 2 aliphatic heterocycles. The van der Waals surface area contributed by atoms with Crippen LogP contribution in [-0.2, 0) is 4.79 Å². The number of hydrogen-bond donors (Lipinski definition) is 1. The number of thioether (sulfide) groups is 1. The maximum absolute atomic E-state index is 12.6. The van der Waals surface area contributed by atoms with Gasteiger partial charge < -0.3 is 14.2 Å². The Morgan fingerprint density at radius 1 is 1.13 bits per heavy atom. The smallest absolute Gasteiger partial charge is 0.283 e. The molecule has 3 heterocycles. The zero-order valence-electron chi connectivity index (χ0n) is 16.4. The fourth-order valence-electron chi connectivity index (χ4n) is 2.95. The first-order chi connectivity index (χ1) is 14.5. The van der Waals surface area contributed by atoms with E-state index < -0.39 is 5.91 Å². The van der Waals surface area contributed by atoms with Gasteiger partial charge in [0.05, 0.1) is 26.9 Å². The van der Waals surface area contributed by atoms with Gasteiger partial charge in [-0.1, -0.05) is 0 Å². The van der Waals surface area contributed by atoms with Crippen molar-refractivity contribution in [2.75, 3.05) is 21.3 Å². The Bertz CT molecular complexity index is 1100. The maximum atomic E-state index is 12.6. The Morgan fingerprint density at radius 3 is 2.47 bits per heavy atom. The molecule has 2 aromatic rings. The van der Waals surface area contributed by atoms with Gasteiger partial charge in [-0.25, -0.2) is 0 Å². The number of fused-ring (bicyclic) bond motifs is 1. The summed E-state index contributed by atoms with van der Waals surface area (Å²) in [5.74, 6) is 0.738. The Hall–Kier alpha value is -3.66. The van der Waals surface area contributed by atoms with Crippen LogP contribution in [0, 0.1) is 5.41 Å². The van der Waals surface area contributed by atoms with Crippen LogP contribution in [-0.4, -0.2) is 53.3 Å². The van der Waals surface area contributed by atoms with Gasteiger partial charge in [0, 0.05) is 18.0 Å². The number of aromatic nitrogens is 1. The van der Waals surface area contributed by atoms with Crippen LogP contribution in [0.5, 0.6) is 17.2 Å². The molecule has 0 saturated heterocycles. The van der Waals surface area contributed by atoms with Crippen LogP contribution in [0.15, 0.2) is 52.3 Å². The summed E-state index contributed by atoms with van der Waals surface area (Å²) in [6, 6.07) is 7.04. The molecule has 0 atom stereocenters. The average molecular weight is 423 g/mol. The molecule has 10 heteroatoms. The normalized spacial score (nSPS) is 16.9. The van der Waals surface area contributed by atoms with Gasteiger partial charge in [0.25, 0.3) is 5.91 Å². The molecule has 4 rings (SSSR count). The Morgan fingerprint density at radius 2 is 1.87 bits per heavy atom. The molecular formula is C20H17N5O4S. The topological polar surface area (TPSA) is 109 Å². The lowest BCUT2D eigenvalue weighted by Gasteiger charge is -2.20. The minimum Gasteiger partial charge on any atom is -0.493 e. The van der Waals surface area contributed by atoms with Gasteiger partial charge in [0.1, 0.15) is 5.04 Å². The van der Waals surface area contributed by atoms with Crippen LogP contribution in [0.3, 0.4) is 0 Å². The second-order valence-electron chi connectivity index (χ2n) is 6.13. The Balaban J connectivity index is 1.72. The molecule has 1 aromatic carbocycles. The molecule has 2 aliphatic rings. The third-order valence-corrected chi connectivity index (χ3v) is 5.32. The third-order valence-electron chi connectivity index (χ3n) is 4.36. The van der Waals surface area contributed by atoms with Crippen LogP contribution < -0.4 is 14.2 Å². The second-order valence-corrected chi connectivity index (χ2v) is 7.08. The number of aliphatic imine (C=N–C) groups is 1. The molecule has 0 saturated carbocycles. The van der Waals surface area contributed by atoms with Crippen LogP contribution in [0.25, 0.3) is 6.08 Å². The van der Waals surface area contributed by atoms with Gasteiger partial charge >= 0.3 is 0 Å². The number of hydrogen-bond acceptors (Lipinski definition) is 8. The van der Waals surface area contributed by atoms with E-state index in [0.717, 1.165) is 5.56 Å². The molecule has 0 radical (unpaired) electrons. The van der Waals surface area contributed by atoms with E-state index in [1.165, 1.54) is 38.1 Å². The number of nitrogens with one attached hydrogen (secondary N) is 1. The van der Waals surface area contributed by atoms with Crippen molar-refractivity contribution in [3.63, 3.8) is 0 Å². The fraction of sp³-hybridized carbons (Fsp3) is 0.150. The summed E-state index contributed by atoms with van der Waals surface area (Å²) >= 11 is 1.22. The van der Waals surface area contributed by atoms with Crippen molar-refractivity contribution in [1.82, 2.24) is 9.99 Å². The van der Waals surface area contributed by atoms with Crippen LogP contribution in [0.1, 0.15) is 11.1 Å². The van der Waals surface area contributed by atoms with Crippen molar-refractivity contribution in [3.8, 4) is 17.2 Å². The number of nitrogens with zero attached hydrogens (tertiary/aromatic N) is 4. The lowest BCUT2D eigenvalue weighted by molar-refractivity contribution is -0.114. The summed E-state index contributed by atoms with van der Waals surface area (Å²) in [4.78, 5) is 20.8. The average Bonchev–Trinajstić information content (AvgIpc) is 3.20. The molecule has 0 spiro atoms. The van der Waals surface area contributed by atoms with E-state index in [2.05, 4.69) is 15.1 Å². The fourth-order valence-corrected chi connectivity index (χ4v) is 3.83. The minimum atomic E-state index is -0.518. The van der Waals surface area contributed by atoms with Crippen LogP contribution >= 0.6 is 11.8 Å². The molecular weight excluding hydrogens is 406 g/mol. The number of rotatable bonds is 5. The van der Waals surface area contributed by atoms with Crippen LogP contribution in [0.4, 0.5) is 0 Å². The van der Waals surface area contributed by atoms with E-state index in [9.17, 15) is 4.79 Å². The van der Waals surface area contributed by atoms with Gasteiger partial charge in [0.2, 0.25) is 10.9 Å². The van der Waals surface area contributed by atoms with Gasteiger partial charge in [-0.05, 0) is 47.7 Å². The SMILES string of the molecule is COc1cc(/C=C2\C(=N)N3N=C(c4cccnc4)SC3=NC2=O)cc(OC)c1OC.